The molecule has 0 aliphatic rings. The van der Waals surface area contributed by atoms with Gasteiger partial charge in [-0.1, -0.05) is 0 Å². The minimum absolute atomic E-state index is 0.156. The first-order valence-electron chi connectivity index (χ1n) is 5.96. The van der Waals surface area contributed by atoms with Gasteiger partial charge in [0.05, 0.1) is 5.69 Å². The quantitative estimate of drug-likeness (QED) is 0.678. The lowest BCUT2D eigenvalue weighted by Crippen LogP contribution is -2.37. The number of nitrogens with two attached hydrogens (primary N) is 2. The van der Waals surface area contributed by atoms with Crippen molar-refractivity contribution in [2.75, 3.05) is 5.73 Å². The van der Waals surface area contributed by atoms with Crippen molar-refractivity contribution in [1.82, 2.24) is 10.2 Å². The number of esters is 1. The number of aromatic nitrogens is 2. The summed E-state index contributed by atoms with van der Waals surface area (Å²) in [5, 5.41) is 15.3. The molecule has 1 aromatic rings. The molecule has 0 fully saturated rings. The number of ether oxygens (including phenoxy) is 1. The molecule has 0 aliphatic heterocycles. The summed E-state index contributed by atoms with van der Waals surface area (Å²) in [6.07, 6.45) is 0.763. The van der Waals surface area contributed by atoms with Gasteiger partial charge in [-0.3, -0.25) is 9.89 Å². The van der Waals surface area contributed by atoms with Crippen LogP contribution in [0.25, 0.3) is 0 Å². The highest BCUT2D eigenvalue weighted by atomic mass is 16.6. The summed E-state index contributed by atoms with van der Waals surface area (Å²) in [5.41, 5.74) is 11.6. The molecule has 0 saturated carbocycles. The van der Waals surface area contributed by atoms with Crippen LogP contribution in [0.1, 0.15) is 38.4 Å². The third kappa shape index (κ3) is 4.26. The number of anilines is 1. The lowest BCUT2D eigenvalue weighted by molar-refractivity contribution is -0.156. The molecule has 0 aliphatic carbocycles. The highest BCUT2D eigenvalue weighted by molar-refractivity contribution is 5.75. The zero-order valence-electron chi connectivity index (χ0n) is 11.4. The fourth-order valence-corrected chi connectivity index (χ4v) is 1.49. The summed E-state index contributed by atoms with van der Waals surface area (Å²) in [4.78, 5) is 11.7. The Morgan fingerprint density at radius 2 is 2.21 bits per heavy atom. The van der Waals surface area contributed by atoms with Crippen molar-refractivity contribution >= 4 is 11.8 Å². The Labute approximate surface area is 111 Å². The number of nitrogens with zero attached hydrogens (tertiary/aromatic N) is 2. The van der Waals surface area contributed by atoms with E-state index in [1.165, 1.54) is 0 Å². The number of hydrogen-bond acceptors (Lipinski definition) is 6. The van der Waals surface area contributed by atoms with Gasteiger partial charge in [-0.05, 0) is 33.6 Å². The fraction of sp³-hybridized carbons (Fsp3) is 0.583. The molecule has 1 heterocycles. The maximum atomic E-state index is 11.7. The number of carbonyl (C=O) groups excluding carboxylic acids is 1. The van der Waals surface area contributed by atoms with Crippen LogP contribution in [0.3, 0.4) is 0 Å². The van der Waals surface area contributed by atoms with Crippen molar-refractivity contribution < 1.29 is 9.53 Å². The lowest BCUT2D eigenvalue weighted by atomic mass is 10.1. The van der Waals surface area contributed by atoms with Gasteiger partial charge in [0.1, 0.15) is 23.3 Å². The van der Waals surface area contributed by atoms with E-state index in [0.29, 0.717) is 24.1 Å². The van der Waals surface area contributed by atoms with Gasteiger partial charge in [0.25, 0.3) is 0 Å². The first-order chi connectivity index (χ1) is 8.74. The van der Waals surface area contributed by atoms with Crippen molar-refractivity contribution in [3.63, 3.8) is 0 Å². The van der Waals surface area contributed by atoms with E-state index in [1.807, 2.05) is 6.07 Å². The van der Waals surface area contributed by atoms with E-state index in [2.05, 4.69) is 10.2 Å². The second kappa shape index (κ2) is 5.71. The number of aromatic amines is 1. The molecule has 0 bridgehead atoms. The van der Waals surface area contributed by atoms with E-state index >= 15 is 0 Å². The van der Waals surface area contributed by atoms with E-state index in [-0.39, 0.29) is 5.82 Å². The number of rotatable bonds is 4. The SMILES string of the molecule is CC(C)(C)OC(=O)C(N)CCc1[nH]nc(N)c1C#N. The predicted molar refractivity (Wildman–Crippen MR) is 69.9 cm³/mol. The highest BCUT2D eigenvalue weighted by Crippen LogP contribution is 2.15. The van der Waals surface area contributed by atoms with Gasteiger partial charge in [0, 0.05) is 0 Å². The zero-order chi connectivity index (χ0) is 14.6. The van der Waals surface area contributed by atoms with Gasteiger partial charge < -0.3 is 16.2 Å². The summed E-state index contributed by atoms with van der Waals surface area (Å²) < 4.78 is 5.17. The Bertz CT molecular complexity index is 495. The van der Waals surface area contributed by atoms with Crippen molar-refractivity contribution in [3.8, 4) is 6.07 Å². The average molecular weight is 265 g/mol. The highest BCUT2D eigenvalue weighted by Gasteiger charge is 2.22. The van der Waals surface area contributed by atoms with Crippen LogP contribution in [0.5, 0.6) is 0 Å². The molecule has 0 saturated heterocycles. The molecule has 0 radical (unpaired) electrons. The van der Waals surface area contributed by atoms with E-state index in [9.17, 15) is 4.79 Å². The average Bonchev–Trinajstić information content (AvgIpc) is 2.64. The third-order valence-electron chi connectivity index (χ3n) is 2.40. The van der Waals surface area contributed by atoms with Gasteiger partial charge in [0.15, 0.2) is 5.82 Å². The molecule has 19 heavy (non-hydrogen) atoms. The lowest BCUT2D eigenvalue weighted by Gasteiger charge is -2.22. The number of aryl methyl sites for hydroxylation is 1. The first kappa shape index (κ1) is 15.0. The van der Waals surface area contributed by atoms with Gasteiger partial charge in [-0.25, -0.2) is 0 Å². The summed E-state index contributed by atoms with van der Waals surface area (Å²) in [6, 6.07) is 1.22. The second-order valence-corrected chi connectivity index (χ2v) is 5.25. The molecular weight excluding hydrogens is 246 g/mol. The minimum Gasteiger partial charge on any atom is -0.459 e. The molecule has 1 aromatic heterocycles. The smallest absolute Gasteiger partial charge is 0.323 e. The third-order valence-corrected chi connectivity index (χ3v) is 2.40. The van der Waals surface area contributed by atoms with Crippen molar-refractivity contribution in [2.24, 2.45) is 5.73 Å². The fourth-order valence-electron chi connectivity index (χ4n) is 1.49. The normalized spacial score (nSPS) is 12.8. The van der Waals surface area contributed by atoms with E-state index in [4.69, 9.17) is 21.5 Å². The number of nitriles is 1. The van der Waals surface area contributed by atoms with Gasteiger partial charge in [-0.15, -0.1) is 0 Å². The summed E-state index contributed by atoms with van der Waals surface area (Å²) >= 11 is 0. The number of nitrogen functional groups attached to an aromatic ring is 1. The Morgan fingerprint density at radius 3 is 2.74 bits per heavy atom. The largest absolute Gasteiger partial charge is 0.459 e. The number of carbonyl (C=O) groups is 1. The van der Waals surface area contributed by atoms with E-state index < -0.39 is 17.6 Å². The molecule has 7 nitrogen and oxygen atoms in total. The standard InChI is InChI=1S/C12H19N5O2/c1-12(2,3)19-11(18)8(14)4-5-9-7(6-13)10(15)17-16-9/h8H,4-5,14H2,1-3H3,(H3,15,16,17). The molecular formula is C12H19N5O2. The van der Waals surface area contributed by atoms with E-state index in [0.717, 1.165) is 0 Å². The van der Waals surface area contributed by atoms with Crippen LogP contribution in [0.15, 0.2) is 0 Å². The summed E-state index contributed by atoms with van der Waals surface area (Å²) in [6.45, 7) is 5.34. The van der Waals surface area contributed by atoms with Crippen LogP contribution in [-0.2, 0) is 16.0 Å². The molecule has 1 rings (SSSR count). The maximum absolute atomic E-state index is 11.7. The number of nitrogens with one attached hydrogen (secondary N) is 1. The van der Waals surface area contributed by atoms with Crippen LogP contribution in [0, 0.1) is 11.3 Å². The number of hydrogen-bond donors (Lipinski definition) is 3. The Balaban J connectivity index is 2.57. The molecule has 1 unspecified atom stereocenters. The van der Waals surface area contributed by atoms with Crippen molar-refractivity contribution in [2.45, 2.75) is 45.3 Å². The zero-order valence-corrected chi connectivity index (χ0v) is 11.4. The predicted octanol–water partition coefficient (Wildman–Crippen LogP) is 0.465. The van der Waals surface area contributed by atoms with Gasteiger partial charge in [-0.2, -0.15) is 10.4 Å². The molecule has 0 amide bonds. The Hall–Kier alpha value is -2.07. The van der Waals surface area contributed by atoms with Crippen molar-refractivity contribution in [3.05, 3.63) is 11.3 Å². The first-order valence-corrected chi connectivity index (χ1v) is 5.96. The Kier molecular flexibility index (Phi) is 4.51. The molecule has 0 aromatic carbocycles. The van der Waals surface area contributed by atoms with Crippen LogP contribution < -0.4 is 11.5 Å². The van der Waals surface area contributed by atoms with Crippen molar-refractivity contribution in [1.29, 1.82) is 5.26 Å². The second-order valence-electron chi connectivity index (χ2n) is 5.25. The van der Waals surface area contributed by atoms with Crippen LogP contribution in [0.2, 0.25) is 0 Å². The molecule has 5 N–H and O–H groups in total. The topological polar surface area (TPSA) is 131 Å². The van der Waals surface area contributed by atoms with Gasteiger partial charge in [0.2, 0.25) is 0 Å². The van der Waals surface area contributed by atoms with Crippen LogP contribution in [0.4, 0.5) is 5.82 Å². The molecule has 104 valence electrons. The molecule has 1 atom stereocenters. The maximum Gasteiger partial charge on any atom is 0.323 e. The summed E-state index contributed by atoms with van der Waals surface area (Å²) in [7, 11) is 0. The van der Waals surface area contributed by atoms with Crippen LogP contribution >= 0.6 is 0 Å². The van der Waals surface area contributed by atoms with Crippen LogP contribution in [-0.4, -0.2) is 27.8 Å². The Morgan fingerprint density at radius 1 is 1.58 bits per heavy atom. The summed E-state index contributed by atoms with van der Waals surface area (Å²) in [5.74, 6) is -0.304. The number of H-pyrrole nitrogens is 1. The monoisotopic (exact) mass is 265 g/mol. The van der Waals surface area contributed by atoms with Gasteiger partial charge >= 0.3 is 5.97 Å². The molecule has 7 heteroatoms. The van der Waals surface area contributed by atoms with E-state index in [1.54, 1.807) is 20.8 Å². The minimum atomic E-state index is -0.740. The molecule has 0 spiro atoms.